The number of rotatable bonds is 6. The van der Waals surface area contributed by atoms with E-state index in [1.807, 2.05) is 0 Å². The molecule has 1 rings (SSSR count). The van der Waals surface area contributed by atoms with Gasteiger partial charge in [-0.3, -0.25) is 19.8 Å². The lowest BCUT2D eigenvalue weighted by Gasteiger charge is -2.18. The molecule has 0 aromatic heterocycles. The summed E-state index contributed by atoms with van der Waals surface area (Å²) in [6.45, 7) is 0.0378. The van der Waals surface area contributed by atoms with Crippen LogP contribution in [-0.4, -0.2) is 69.0 Å². The third-order valence-electron chi connectivity index (χ3n) is 2.92. The fraction of sp³-hybridized carbons (Fsp3) is 0.400. The van der Waals surface area contributed by atoms with Crippen LogP contribution >= 0.6 is 0 Å². The third-order valence-corrected chi connectivity index (χ3v) is 2.92. The standard InChI is InChI=1S/C15H22N4O4/c1-18(2)14(21)10-19(3)9-13(20)17-15(22)16-11-5-7-12(23-4)8-6-11/h5-8H,9-10H2,1-4H3,(H2,16,17,20,22). The van der Waals surface area contributed by atoms with Crippen LogP contribution in [0.3, 0.4) is 0 Å². The van der Waals surface area contributed by atoms with Crippen LogP contribution in [0.25, 0.3) is 0 Å². The number of likely N-dealkylation sites (N-methyl/N-ethyl adjacent to an activating group) is 2. The Hall–Kier alpha value is -2.61. The summed E-state index contributed by atoms with van der Waals surface area (Å²) >= 11 is 0. The normalized spacial score (nSPS) is 10.1. The van der Waals surface area contributed by atoms with Gasteiger partial charge in [0, 0.05) is 19.8 Å². The molecule has 0 atom stereocenters. The van der Waals surface area contributed by atoms with Gasteiger partial charge in [0.2, 0.25) is 11.8 Å². The van der Waals surface area contributed by atoms with Crippen LogP contribution in [0.5, 0.6) is 5.75 Å². The molecule has 0 saturated carbocycles. The molecule has 126 valence electrons. The van der Waals surface area contributed by atoms with Crippen LogP contribution in [0.2, 0.25) is 0 Å². The maximum Gasteiger partial charge on any atom is 0.325 e. The summed E-state index contributed by atoms with van der Waals surface area (Å²) in [5.41, 5.74) is 0.534. The lowest BCUT2D eigenvalue weighted by atomic mass is 10.3. The first-order chi connectivity index (χ1) is 10.8. The van der Waals surface area contributed by atoms with E-state index in [1.165, 1.54) is 9.80 Å². The Morgan fingerprint density at radius 3 is 2.17 bits per heavy atom. The molecule has 4 amide bonds. The molecule has 0 fully saturated rings. The van der Waals surface area contributed by atoms with Gasteiger partial charge < -0.3 is 15.0 Å². The van der Waals surface area contributed by atoms with Gasteiger partial charge in [0.1, 0.15) is 5.75 Å². The summed E-state index contributed by atoms with van der Waals surface area (Å²) in [4.78, 5) is 37.9. The minimum Gasteiger partial charge on any atom is -0.497 e. The Kier molecular flexibility index (Phi) is 7.01. The molecule has 0 spiro atoms. The van der Waals surface area contributed by atoms with Crippen molar-refractivity contribution >= 4 is 23.5 Å². The largest absolute Gasteiger partial charge is 0.497 e. The molecule has 0 saturated heterocycles. The van der Waals surface area contributed by atoms with Gasteiger partial charge in [-0.2, -0.15) is 0 Å². The van der Waals surface area contributed by atoms with Gasteiger partial charge in [0.05, 0.1) is 20.2 Å². The van der Waals surface area contributed by atoms with E-state index in [0.717, 1.165) is 0 Å². The molecular weight excluding hydrogens is 300 g/mol. The van der Waals surface area contributed by atoms with E-state index < -0.39 is 11.9 Å². The zero-order valence-corrected chi connectivity index (χ0v) is 13.8. The molecule has 2 N–H and O–H groups in total. The average molecular weight is 322 g/mol. The van der Waals surface area contributed by atoms with E-state index >= 15 is 0 Å². The summed E-state index contributed by atoms with van der Waals surface area (Å²) in [6.07, 6.45) is 0. The second-order valence-electron chi connectivity index (χ2n) is 5.19. The van der Waals surface area contributed by atoms with Crippen molar-refractivity contribution in [3.8, 4) is 5.75 Å². The topological polar surface area (TPSA) is 91.0 Å². The van der Waals surface area contributed by atoms with Gasteiger partial charge in [-0.25, -0.2) is 4.79 Å². The minimum absolute atomic E-state index is 0.0599. The summed E-state index contributed by atoms with van der Waals surface area (Å²) in [6, 6.07) is 6.07. The van der Waals surface area contributed by atoms with Crippen LogP contribution in [0, 0.1) is 0 Å². The molecule has 0 unspecified atom stereocenters. The number of carbonyl (C=O) groups is 3. The summed E-state index contributed by atoms with van der Waals surface area (Å²) in [5, 5.41) is 4.74. The van der Waals surface area contributed by atoms with Crippen molar-refractivity contribution in [1.82, 2.24) is 15.1 Å². The molecule has 0 bridgehead atoms. The van der Waals surface area contributed by atoms with E-state index in [-0.39, 0.29) is 19.0 Å². The van der Waals surface area contributed by atoms with Crippen molar-refractivity contribution < 1.29 is 19.1 Å². The highest BCUT2D eigenvalue weighted by molar-refractivity contribution is 6.01. The van der Waals surface area contributed by atoms with Gasteiger partial charge in [0.15, 0.2) is 0 Å². The van der Waals surface area contributed by atoms with Crippen LogP contribution in [0.1, 0.15) is 0 Å². The number of benzene rings is 1. The molecule has 8 heteroatoms. The molecule has 0 radical (unpaired) electrons. The first-order valence-corrected chi connectivity index (χ1v) is 6.95. The summed E-state index contributed by atoms with van der Waals surface area (Å²) in [7, 11) is 6.45. The van der Waals surface area contributed by atoms with Crippen molar-refractivity contribution in [3.05, 3.63) is 24.3 Å². The number of hydrogen-bond acceptors (Lipinski definition) is 5. The van der Waals surface area contributed by atoms with Gasteiger partial charge in [0.25, 0.3) is 0 Å². The van der Waals surface area contributed by atoms with Crippen LogP contribution in [0.4, 0.5) is 10.5 Å². The Morgan fingerprint density at radius 1 is 1.04 bits per heavy atom. The number of methoxy groups -OCH3 is 1. The zero-order valence-electron chi connectivity index (χ0n) is 13.8. The second-order valence-corrected chi connectivity index (χ2v) is 5.19. The molecular formula is C15H22N4O4. The number of amides is 4. The third kappa shape index (κ3) is 6.79. The molecule has 1 aromatic rings. The first kappa shape index (κ1) is 18.4. The van der Waals surface area contributed by atoms with E-state index in [1.54, 1.807) is 52.5 Å². The number of nitrogens with one attached hydrogen (secondary N) is 2. The quantitative estimate of drug-likeness (QED) is 0.789. The molecule has 0 aliphatic rings. The highest BCUT2D eigenvalue weighted by Crippen LogP contribution is 2.14. The lowest BCUT2D eigenvalue weighted by molar-refractivity contribution is -0.130. The maximum absolute atomic E-state index is 11.7. The van der Waals surface area contributed by atoms with Gasteiger partial charge in [-0.1, -0.05) is 0 Å². The predicted molar refractivity (Wildman–Crippen MR) is 86.3 cm³/mol. The second kappa shape index (κ2) is 8.74. The predicted octanol–water partition coefficient (Wildman–Crippen LogP) is 0.363. The van der Waals surface area contributed by atoms with E-state index in [9.17, 15) is 14.4 Å². The average Bonchev–Trinajstić information content (AvgIpc) is 2.47. The number of carbonyl (C=O) groups excluding carboxylic acids is 3. The number of ether oxygens (including phenoxy) is 1. The Bertz CT molecular complexity index is 557. The highest BCUT2D eigenvalue weighted by Gasteiger charge is 2.14. The van der Waals surface area contributed by atoms with Crippen LogP contribution in [0.15, 0.2) is 24.3 Å². The van der Waals surface area contributed by atoms with Crippen molar-refractivity contribution in [3.63, 3.8) is 0 Å². The molecule has 0 heterocycles. The van der Waals surface area contributed by atoms with E-state index in [4.69, 9.17) is 4.74 Å². The molecule has 8 nitrogen and oxygen atoms in total. The SMILES string of the molecule is COc1ccc(NC(=O)NC(=O)CN(C)CC(=O)N(C)C)cc1. The van der Waals surface area contributed by atoms with Crippen molar-refractivity contribution in [2.45, 2.75) is 0 Å². The minimum atomic E-state index is -0.632. The van der Waals surface area contributed by atoms with Crippen molar-refractivity contribution in [2.24, 2.45) is 0 Å². The Labute approximate surface area is 135 Å². The number of urea groups is 1. The van der Waals surface area contributed by atoms with Crippen molar-refractivity contribution in [1.29, 1.82) is 0 Å². The van der Waals surface area contributed by atoms with Gasteiger partial charge >= 0.3 is 6.03 Å². The number of anilines is 1. The van der Waals surface area contributed by atoms with Crippen LogP contribution in [-0.2, 0) is 9.59 Å². The fourth-order valence-electron chi connectivity index (χ4n) is 1.68. The smallest absolute Gasteiger partial charge is 0.325 e. The lowest BCUT2D eigenvalue weighted by Crippen LogP contribution is -2.43. The van der Waals surface area contributed by atoms with E-state index in [0.29, 0.717) is 11.4 Å². The van der Waals surface area contributed by atoms with Crippen molar-refractivity contribution in [2.75, 3.05) is 46.7 Å². The fourth-order valence-corrected chi connectivity index (χ4v) is 1.68. The summed E-state index contributed by atoms with van der Waals surface area (Å²) < 4.78 is 5.01. The molecule has 0 aliphatic heterocycles. The van der Waals surface area contributed by atoms with E-state index in [2.05, 4.69) is 10.6 Å². The molecule has 23 heavy (non-hydrogen) atoms. The Morgan fingerprint density at radius 2 is 1.65 bits per heavy atom. The van der Waals surface area contributed by atoms with Crippen LogP contribution < -0.4 is 15.4 Å². The highest BCUT2D eigenvalue weighted by atomic mass is 16.5. The number of nitrogens with zero attached hydrogens (tertiary/aromatic N) is 2. The number of imide groups is 1. The first-order valence-electron chi connectivity index (χ1n) is 6.95. The molecule has 1 aromatic carbocycles. The van der Waals surface area contributed by atoms with Gasteiger partial charge in [-0.05, 0) is 31.3 Å². The zero-order chi connectivity index (χ0) is 17.4. The number of hydrogen-bond donors (Lipinski definition) is 2. The molecule has 0 aliphatic carbocycles. The monoisotopic (exact) mass is 322 g/mol. The summed E-state index contributed by atoms with van der Waals surface area (Å²) in [5.74, 6) is 0.0484. The maximum atomic E-state index is 11.7. The van der Waals surface area contributed by atoms with Gasteiger partial charge in [-0.15, -0.1) is 0 Å². The Balaban J connectivity index is 2.40.